The van der Waals surface area contributed by atoms with Crippen molar-refractivity contribution < 1.29 is 27.1 Å². The third-order valence-corrected chi connectivity index (χ3v) is 5.77. The standard InChI is InChI=1S/C19H20FNO5S/c1-4-13-5-7-14(8-6-13)18(22)12-26-19(23)16-11-15(9-10-17(16)20)27(24,25)21(2)3/h5-11H,4,12H2,1-3H3. The molecule has 27 heavy (non-hydrogen) atoms. The summed E-state index contributed by atoms with van der Waals surface area (Å²) in [6, 6.07) is 9.67. The van der Waals surface area contributed by atoms with Crippen molar-refractivity contribution in [3.05, 3.63) is 65.0 Å². The molecule has 0 aliphatic heterocycles. The summed E-state index contributed by atoms with van der Waals surface area (Å²) in [5.41, 5.74) is 0.876. The number of aryl methyl sites for hydroxylation is 1. The Hall–Kier alpha value is -2.58. The SMILES string of the molecule is CCc1ccc(C(=O)COC(=O)c2cc(S(=O)(=O)N(C)C)ccc2F)cc1. The van der Waals surface area contributed by atoms with Gasteiger partial charge in [0.2, 0.25) is 10.0 Å². The lowest BCUT2D eigenvalue weighted by Crippen LogP contribution is -2.23. The van der Waals surface area contributed by atoms with Crippen LogP contribution in [0.25, 0.3) is 0 Å². The zero-order valence-corrected chi connectivity index (χ0v) is 16.0. The second kappa shape index (κ2) is 8.41. The average molecular weight is 393 g/mol. The molecule has 0 spiro atoms. The molecule has 8 heteroatoms. The second-order valence-electron chi connectivity index (χ2n) is 5.98. The summed E-state index contributed by atoms with van der Waals surface area (Å²) in [6.07, 6.45) is 0.828. The van der Waals surface area contributed by atoms with Crippen LogP contribution in [0.5, 0.6) is 0 Å². The number of benzene rings is 2. The summed E-state index contributed by atoms with van der Waals surface area (Å²) < 4.78 is 44.0. The van der Waals surface area contributed by atoms with Gasteiger partial charge in [-0.3, -0.25) is 4.79 Å². The number of esters is 1. The number of hydrogen-bond donors (Lipinski definition) is 0. The van der Waals surface area contributed by atoms with Gasteiger partial charge in [0.1, 0.15) is 5.82 Å². The lowest BCUT2D eigenvalue weighted by atomic mass is 10.1. The van der Waals surface area contributed by atoms with Gasteiger partial charge in [0, 0.05) is 19.7 Å². The van der Waals surface area contributed by atoms with E-state index < -0.39 is 39.8 Å². The molecule has 0 unspecified atom stereocenters. The first kappa shape index (κ1) is 20.7. The number of carbonyl (C=O) groups excluding carboxylic acids is 2. The monoisotopic (exact) mass is 393 g/mol. The summed E-state index contributed by atoms with van der Waals surface area (Å²) in [5.74, 6) is -2.48. The molecule has 2 aromatic carbocycles. The predicted octanol–water partition coefficient (Wildman–Crippen LogP) is 2.68. The van der Waals surface area contributed by atoms with Crippen molar-refractivity contribution >= 4 is 21.8 Å². The molecule has 0 aromatic heterocycles. The number of Topliss-reactive ketones (excluding diaryl/α,β-unsaturated/α-hetero) is 1. The molecule has 0 N–H and O–H groups in total. The number of sulfonamides is 1. The minimum absolute atomic E-state index is 0.248. The molecule has 0 fully saturated rings. The highest BCUT2D eigenvalue weighted by Crippen LogP contribution is 2.18. The Labute approximate surface area is 157 Å². The first-order valence-electron chi connectivity index (χ1n) is 8.18. The van der Waals surface area contributed by atoms with Crippen molar-refractivity contribution in [3.63, 3.8) is 0 Å². The molecule has 0 amide bonds. The summed E-state index contributed by atoms with van der Waals surface area (Å²) >= 11 is 0. The molecule has 0 heterocycles. The van der Waals surface area contributed by atoms with E-state index in [4.69, 9.17) is 4.74 Å². The molecule has 2 aromatic rings. The molecule has 0 aliphatic rings. The van der Waals surface area contributed by atoms with E-state index in [9.17, 15) is 22.4 Å². The van der Waals surface area contributed by atoms with Gasteiger partial charge in [-0.2, -0.15) is 0 Å². The summed E-state index contributed by atoms with van der Waals surface area (Å²) in [5, 5.41) is 0. The fourth-order valence-electron chi connectivity index (χ4n) is 2.25. The minimum Gasteiger partial charge on any atom is -0.454 e. The van der Waals surface area contributed by atoms with Gasteiger partial charge < -0.3 is 4.74 Å². The van der Waals surface area contributed by atoms with Crippen molar-refractivity contribution in [1.82, 2.24) is 4.31 Å². The molecule has 144 valence electrons. The van der Waals surface area contributed by atoms with Crippen LogP contribution in [-0.2, 0) is 21.2 Å². The van der Waals surface area contributed by atoms with E-state index in [0.717, 1.165) is 34.5 Å². The Morgan fingerprint density at radius 1 is 1.07 bits per heavy atom. The van der Waals surface area contributed by atoms with E-state index in [-0.39, 0.29) is 4.90 Å². The molecule has 0 atom stereocenters. The highest BCUT2D eigenvalue weighted by molar-refractivity contribution is 7.89. The van der Waals surface area contributed by atoms with Crippen molar-refractivity contribution in [2.24, 2.45) is 0 Å². The van der Waals surface area contributed by atoms with Crippen molar-refractivity contribution in [3.8, 4) is 0 Å². The molecule has 0 saturated heterocycles. The number of ketones is 1. The smallest absolute Gasteiger partial charge is 0.341 e. The highest BCUT2D eigenvalue weighted by atomic mass is 32.2. The number of hydrogen-bond acceptors (Lipinski definition) is 5. The van der Waals surface area contributed by atoms with E-state index in [1.54, 1.807) is 24.3 Å². The summed E-state index contributed by atoms with van der Waals surface area (Å²) in [7, 11) is -1.20. The van der Waals surface area contributed by atoms with E-state index in [0.29, 0.717) is 5.56 Å². The van der Waals surface area contributed by atoms with Gasteiger partial charge in [0.25, 0.3) is 0 Å². The summed E-state index contributed by atoms with van der Waals surface area (Å²) in [4.78, 5) is 24.0. The highest BCUT2D eigenvalue weighted by Gasteiger charge is 2.22. The maximum atomic E-state index is 13.9. The van der Waals surface area contributed by atoms with Gasteiger partial charge in [0.05, 0.1) is 10.5 Å². The molecular weight excluding hydrogens is 373 g/mol. The lowest BCUT2D eigenvalue weighted by molar-refractivity contribution is 0.0470. The van der Waals surface area contributed by atoms with Crippen LogP contribution in [0, 0.1) is 5.82 Å². The third-order valence-electron chi connectivity index (χ3n) is 3.95. The molecule has 2 rings (SSSR count). The third kappa shape index (κ3) is 4.78. The Morgan fingerprint density at radius 2 is 1.70 bits per heavy atom. The number of halogens is 1. The fourth-order valence-corrected chi connectivity index (χ4v) is 3.18. The molecule has 0 radical (unpaired) electrons. The molecule has 0 bridgehead atoms. The first-order chi connectivity index (χ1) is 12.7. The van der Waals surface area contributed by atoms with E-state index >= 15 is 0 Å². The van der Waals surface area contributed by atoms with Crippen LogP contribution >= 0.6 is 0 Å². The van der Waals surface area contributed by atoms with Gasteiger partial charge in [-0.15, -0.1) is 0 Å². The van der Waals surface area contributed by atoms with Gasteiger partial charge >= 0.3 is 5.97 Å². The predicted molar refractivity (Wildman–Crippen MR) is 97.7 cm³/mol. The fraction of sp³-hybridized carbons (Fsp3) is 0.263. The van der Waals surface area contributed by atoms with Crippen LogP contribution in [-0.4, -0.2) is 45.2 Å². The van der Waals surface area contributed by atoms with Crippen LogP contribution in [0.2, 0.25) is 0 Å². The van der Waals surface area contributed by atoms with Crippen LogP contribution in [0.15, 0.2) is 47.4 Å². The van der Waals surface area contributed by atoms with Gasteiger partial charge in [-0.1, -0.05) is 31.2 Å². The van der Waals surface area contributed by atoms with Crippen LogP contribution in [0.4, 0.5) is 4.39 Å². The van der Waals surface area contributed by atoms with E-state index in [1.165, 1.54) is 14.1 Å². The zero-order valence-electron chi connectivity index (χ0n) is 15.2. The van der Waals surface area contributed by atoms with Crippen LogP contribution in [0.1, 0.15) is 33.2 Å². The Morgan fingerprint density at radius 3 is 2.26 bits per heavy atom. The largest absolute Gasteiger partial charge is 0.454 e. The van der Waals surface area contributed by atoms with E-state index in [1.807, 2.05) is 6.92 Å². The number of nitrogens with zero attached hydrogens (tertiary/aromatic N) is 1. The number of rotatable bonds is 7. The van der Waals surface area contributed by atoms with Gasteiger partial charge in [0.15, 0.2) is 12.4 Å². The Kier molecular flexibility index (Phi) is 6.45. The first-order valence-corrected chi connectivity index (χ1v) is 9.62. The van der Waals surface area contributed by atoms with Crippen molar-refractivity contribution in [2.45, 2.75) is 18.2 Å². The van der Waals surface area contributed by atoms with Crippen LogP contribution < -0.4 is 0 Å². The van der Waals surface area contributed by atoms with Crippen molar-refractivity contribution in [2.75, 3.05) is 20.7 Å². The molecular formula is C19H20FNO5S. The number of carbonyl (C=O) groups is 2. The minimum atomic E-state index is -3.84. The Bertz CT molecular complexity index is 953. The molecule has 6 nitrogen and oxygen atoms in total. The quantitative estimate of drug-likeness (QED) is 0.534. The maximum absolute atomic E-state index is 13.9. The maximum Gasteiger partial charge on any atom is 0.341 e. The number of ether oxygens (including phenoxy) is 1. The molecule has 0 saturated carbocycles. The molecule has 0 aliphatic carbocycles. The topological polar surface area (TPSA) is 80.8 Å². The average Bonchev–Trinajstić information content (AvgIpc) is 2.65. The van der Waals surface area contributed by atoms with Crippen molar-refractivity contribution in [1.29, 1.82) is 0 Å². The second-order valence-corrected chi connectivity index (χ2v) is 8.13. The lowest BCUT2D eigenvalue weighted by Gasteiger charge is -2.12. The normalized spacial score (nSPS) is 11.4. The zero-order chi connectivity index (χ0) is 20.2. The van der Waals surface area contributed by atoms with Crippen LogP contribution in [0.3, 0.4) is 0 Å². The van der Waals surface area contributed by atoms with E-state index in [2.05, 4.69) is 0 Å². The Balaban J connectivity index is 2.14. The van der Waals surface area contributed by atoms with Gasteiger partial charge in [-0.05, 0) is 30.2 Å². The van der Waals surface area contributed by atoms with Gasteiger partial charge in [-0.25, -0.2) is 21.9 Å². The summed E-state index contributed by atoms with van der Waals surface area (Å²) in [6.45, 7) is 1.41.